The number of amidine groups is 1. The number of H-pyrrole nitrogens is 1. The highest BCUT2D eigenvalue weighted by atomic mass is 19.4. The number of carbonyl (C=O) groups excluding carboxylic acids is 2. The Hall–Kier alpha value is -3.73. The zero-order chi connectivity index (χ0) is 36.7. The summed E-state index contributed by atoms with van der Waals surface area (Å²) in [5, 5.41) is 18.3. The summed E-state index contributed by atoms with van der Waals surface area (Å²) in [6.07, 6.45) is 2.07. The van der Waals surface area contributed by atoms with Gasteiger partial charge in [0.1, 0.15) is 18.0 Å². The molecule has 1 unspecified atom stereocenters. The van der Waals surface area contributed by atoms with E-state index in [1.807, 2.05) is 47.9 Å². The van der Waals surface area contributed by atoms with E-state index in [-0.39, 0.29) is 67.5 Å². The van der Waals surface area contributed by atoms with Crippen molar-refractivity contribution in [1.82, 2.24) is 35.5 Å². The number of amides is 2. The first-order valence-electron chi connectivity index (χ1n) is 17.9. The van der Waals surface area contributed by atoms with E-state index in [1.165, 1.54) is 6.20 Å². The maximum atomic E-state index is 14.2. The first-order valence-corrected chi connectivity index (χ1v) is 17.9. The van der Waals surface area contributed by atoms with Crippen LogP contribution < -0.4 is 10.6 Å². The van der Waals surface area contributed by atoms with Crippen LogP contribution in [0.5, 0.6) is 0 Å². The number of nitrogens with zero attached hydrogens (tertiary/aromatic N) is 6. The van der Waals surface area contributed by atoms with Crippen LogP contribution in [-0.2, 0) is 9.59 Å². The van der Waals surface area contributed by atoms with Crippen molar-refractivity contribution in [3.05, 3.63) is 23.7 Å². The molecule has 5 aliphatic rings. The first kappa shape index (κ1) is 37.0. The lowest BCUT2D eigenvalue weighted by molar-refractivity contribution is -0.411. The van der Waals surface area contributed by atoms with Crippen molar-refractivity contribution in [2.24, 2.45) is 28.7 Å². The molecule has 51 heavy (non-hydrogen) atoms. The lowest BCUT2D eigenvalue weighted by Gasteiger charge is -2.34. The molecule has 0 radical (unpaired) electrons. The number of hydrogen-bond acceptors (Lipinski definition) is 8. The third-order valence-corrected chi connectivity index (χ3v) is 11.0. The van der Waals surface area contributed by atoms with Gasteiger partial charge in [-0.3, -0.25) is 19.9 Å². The van der Waals surface area contributed by atoms with Crippen molar-refractivity contribution in [3.63, 3.8) is 0 Å². The second-order valence-electron chi connectivity index (χ2n) is 14.6. The van der Waals surface area contributed by atoms with Gasteiger partial charge < -0.3 is 20.6 Å². The maximum absolute atomic E-state index is 14.2. The molecular formula is C34H48F5N10O2+. The monoisotopic (exact) mass is 723 g/mol. The largest absolute Gasteiger partial charge is 0.393 e. The van der Waals surface area contributed by atoms with Crippen molar-refractivity contribution in [1.29, 1.82) is 5.41 Å². The number of piperidine rings is 1. The number of aliphatic imine (C=N–C) groups is 1. The van der Waals surface area contributed by atoms with Crippen LogP contribution in [0.15, 0.2) is 23.0 Å². The Labute approximate surface area is 294 Å². The number of aromatic nitrogens is 2. The quantitative estimate of drug-likeness (QED) is 0.125. The zero-order valence-electron chi connectivity index (χ0n) is 29.3. The predicted octanol–water partition coefficient (Wildman–Crippen LogP) is 4.02. The molecule has 4 N–H and O–H groups in total. The Morgan fingerprint density at radius 3 is 2.61 bits per heavy atom. The van der Waals surface area contributed by atoms with Crippen LogP contribution in [0.3, 0.4) is 0 Å². The van der Waals surface area contributed by atoms with Gasteiger partial charge in [0.2, 0.25) is 11.8 Å². The van der Waals surface area contributed by atoms with Gasteiger partial charge in [-0.1, -0.05) is 0 Å². The van der Waals surface area contributed by atoms with Gasteiger partial charge in [-0.15, -0.1) is 0 Å². The second-order valence-corrected chi connectivity index (χ2v) is 14.6. The fourth-order valence-corrected chi connectivity index (χ4v) is 7.78. The zero-order valence-corrected chi connectivity index (χ0v) is 29.3. The third-order valence-electron chi connectivity index (χ3n) is 11.0. The minimum Gasteiger partial charge on any atom is -0.355 e. The molecular weight excluding hydrogens is 675 g/mol. The summed E-state index contributed by atoms with van der Waals surface area (Å²) in [5.41, 5.74) is 0.841. The molecule has 1 aromatic rings. The minimum atomic E-state index is -4.47. The van der Waals surface area contributed by atoms with Gasteiger partial charge in [0.05, 0.1) is 36.1 Å². The summed E-state index contributed by atoms with van der Waals surface area (Å²) in [6.45, 7) is 3.68. The van der Waals surface area contributed by atoms with Crippen molar-refractivity contribution in [3.8, 4) is 0 Å². The van der Waals surface area contributed by atoms with Gasteiger partial charge in [-0.05, 0) is 64.0 Å². The predicted molar refractivity (Wildman–Crippen MR) is 180 cm³/mol. The van der Waals surface area contributed by atoms with E-state index < -0.39 is 48.8 Å². The second kappa shape index (κ2) is 14.7. The molecule has 1 aromatic heterocycles. The van der Waals surface area contributed by atoms with Gasteiger partial charge in [0.25, 0.3) is 5.91 Å². The highest BCUT2D eigenvalue weighted by Crippen LogP contribution is 2.42. The van der Waals surface area contributed by atoms with E-state index >= 15 is 0 Å². The normalized spacial score (nSPS) is 27.5. The number of imidazole rings is 1. The molecule has 280 valence electrons. The number of halogens is 5. The molecule has 0 bridgehead atoms. The van der Waals surface area contributed by atoms with Crippen molar-refractivity contribution >= 4 is 35.5 Å². The number of carbonyl (C=O) groups is 2. The summed E-state index contributed by atoms with van der Waals surface area (Å²) < 4.78 is 71.1. The van der Waals surface area contributed by atoms with Crippen LogP contribution in [0.2, 0.25) is 0 Å². The molecule has 2 amide bonds. The summed E-state index contributed by atoms with van der Waals surface area (Å²) in [6, 6.07) is -0.592. The van der Waals surface area contributed by atoms with Crippen LogP contribution in [0.4, 0.5) is 27.9 Å². The van der Waals surface area contributed by atoms with E-state index in [4.69, 9.17) is 10.4 Å². The van der Waals surface area contributed by atoms with Crippen LogP contribution in [0, 0.1) is 29.1 Å². The number of hydrogen-bond donors (Lipinski definition) is 4. The van der Waals surface area contributed by atoms with Gasteiger partial charge in [0, 0.05) is 63.4 Å². The van der Waals surface area contributed by atoms with E-state index in [0.29, 0.717) is 43.5 Å². The Balaban J connectivity index is 1.30. The molecule has 4 heterocycles. The van der Waals surface area contributed by atoms with Gasteiger partial charge in [0.15, 0.2) is 0 Å². The van der Waals surface area contributed by atoms with Crippen molar-refractivity contribution < 1.29 is 36.1 Å². The Bertz CT molecular complexity index is 1570. The summed E-state index contributed by atoms with van der Waals surface area (Å²) in [5.74, 6) is -5.99. The minimum absolute atomic E-state index is 0.0900. The molecule has 12 nitrogen and oxygen atoms in total. The van der Waals surface area contributed by atoms with E-state index in [2.05, 4.69) is 25.5 Å². The number of rotatable bonds is 10. The number of likely N-dealkylation sites (N-methyl/N-ethyl adjacent to an activating group) is 3. The summed E-state index contributed by atoms with van der Waals surface area (Å²) in [7, 11) is 3.89. The molecule has 6 rings (SSSR count). The summed E-state index contributed by atoms with van der Waals surface area (Å²) >= 11 is 0. The lowest BCUT2D eigenvalue weighted by atomic mass is 9.81. The molecule has 3 aliphatic heterocycles. The Morgan fingerprint density at radius 2 is 1.94 bits per heavy atom. The van der Waals surface area contributed by atoms with Crippen molar-refractivity contribution in [2.45, 2.75) is 82.5 Å². The molecule has 1 saturated heterocycles. The average Bonchev–Trinajstić information content (AvgIpc) is 3.69. The van der Waals surface area contributed by atoms with Gasteiger partial charge in [-0.2, -0.15) is 18.2 Å². The fraction of sp³-hybridized carbons (Fsp3) is 0.706. The number of nitrogens with one attached hydrogen (secondary N) is 4. The summed E-state index contributed by atoms with van der Waals surface area (Å²) in [4.78, 5) is 40.9. The highest BCUT2D eigenvalue weighted by Gasteiger charge is 2.46. The standard InChI is InChI=1S/C34H47F5N10O2/c1-4-49-26(9-12-47(49)3)31(51)44-28(21-7-10-33(35,36)11-8-21)25-18-42-32(43-25)45-29(48-14-13-46(2)27(19-48)20-5-6-20)24(40)16-22-15-23(34(37,38)39)17-41-30(22)50/h9,18-23,27-28H,4-8,10-17H2,1-3H3,(H3-,40,41,42,43,44,50,51)/p+1/t22-,23-,27?,28+/m1/s1. The first-order chi connectivity index (χ1) is 24.1. The van der Waals surface area contributed by atoms with Crippen molar-refractivity contribution in [2.75, 3.05) is 46.8 Å². The number of aromatic amines is 1. The topological polar surface area (TPSA) is 136 Å². The van der Waals surface area contributed by atoms with E-state index in [1.54, 1.807) is 0 Å². The molecule has 3 fully saturated rings. The van der Waals surface area contributed by atoms with E-state index in [0.717, 1.165) is 12.8 Å². The molecule has 4 atom stereocenters. The van der Waals surface area contributed by atoms with Gasteiger partial charge in [-0.25, -0.2) is 18.4 Å². The molecule has 2 saturated carbocycles. The molecule has 0 spiro atoms. The van der Waals surface area contributed by atoms with Crippen LogP contribution in [0.1, 0.15) is 70.0 Å². The fourth-order valence-electron chi connectivity index (χ4n) is 7.78. The average molecular weight is 724 g/mol. The van der Waals surface area contributed by atoms with Crippen LogP contribution >= 0.6 is 0 Å². The Morgan fingerprint density at radius 1 is 1.22 bits per heavy atom. The smallest absolute Gasteiger partial charge is 0.355 e. The molecule has 17 heteroatoms. The molecule has 2 aliphatic carbocycles. The maximum Gasteiger partial charge on any atom is 0.393 e. The van der Waals surface area contributed by atoms with Crippen LogP contribution in [0.25, 0.3) is 0 Å². The molecule has 0 aromatic carbocycles. The Kier molecular flexibility index (Phi) is 10.7. The van der Waals surface area contributed by atoms with E-state index in [9.17, 15) is 31.5 Å². The third kappa shape index (κ3) is 8.50. The SMILES string of the molecule is CCN1C(C(=O)N[C@H](c2cnc(/N=C(\C(=N)C[C@H]3C[C@@H](C(F)(F)F)CNC3=O)[N+]3=CC(C4CC4)N(C)CC3)[nH]2)C2CCC(F)(F)CC2)=CCN1C. The number of alkyl halides is 5. The van der Waals surface area contributed by atoms with Crippen LogP contribution in [-0.4, -0.2) is 124 Å². The number of hydrazine groups is 1. The highest BCUT2D eigenvalue weighted by molar-refractivity contribution is 6.37. The lowest BCUT2D eigenvalue weighted by Crippen LogP contribution is -2.50. The van der Waals surface area contributed by atoms with Gasteiger partial charge >= 0.3 is 18.0 Å².